The molecule has 13 heavy (non-hydrogen) atoms. The number of hydrogen-bond donors (Lipinski definition) is 0. The second-order valence-electron chi connectivity index (χ2n) is 2.56. The molecule has 66 valence electrons. The topological polar surface area (TPSA) is 12.9 Å². The Hall–Kier alpha value is -0.500. The number of rotatable bonds is 0. The van der Waals surface area contributed by atoms with Crippen molar-refractivity contribution in [3.8, 4) is 0 Å². The number of halogens is 3. The van der Waals surface area contributed by atoms with E-state index < -0.39 is 0 Å². The zero-order valence-corrected chi connectivity index (χ0v) is 8.66. The SMILES string of the molecule is Clc1ncc(Cl)c2c(Cl)cccc12. The number of pyridine rings is 1. The Morgan fingerprint density at radius 2 is 1.77 bits per heavy atom. The summed E-state index contributed by atoms with van der Waals surface area (Å²) in [5.74, 6) is 0. The summed E-state index contributed by atoms with van der Waals surface area (Å²) in [7, 11) is 0. The molecule has 0 fully saturated rings. The minimum absolute atomic E-state index is 0.418. The normalized spacial score (nSPS) is 10.7. The van der Waals surface area contributed by atoms with E-state index in [-0.39, 0.29) is 0 Å². The fourth-order valence-electron chi connectivity index (χ4n) is 1.19. The molecule has 0 saturated heterocycles. The van der Waals surface area contributed by atoms with Crippen molar-refractivity contribution in [1.82, 2.24) is 4.98 Å². The van der Waals surface area contributed by atoms with Crippen LogP contribution in [0.15, 0.2) is 24.4 Å². The van der Waals surface area contributed by atoms with Crippen LogP contribution in [0.2, 0.25) is 15.2 Å². The lowest BCUT2D eigenvalue weighted by atomic mass is 10.2. The largest absolute Gasteiger partial charge is 0.242 e. The van der Waals surface area contributed by atoms with Gasteiger partial charge < -0.3 is 0 Å². The third kappa shape index (κ3) is 1.48. The first kappa shape index (κ1) is 9.07. The van der Waals surface area contributed by atoms with Crippen LogP contribution in [-0.2, 0) is 0 Å². The zero-order valence-electron chi connectivity index (χ0n) is 6.39. The van der Waals surface area contributed by atoms with Gasteiger partial charge in [-0.15, -0.1) is 0 Å². The number of hydrogen-bond acceptors (Lipinski definition) is 1. The van der Waals surface area contributed by atoms with Crippen molar-refractivity contribution in [3.63, 3.8) is 0 Å². The van der Waals surface area contributed by atoms with E-state index in [4.69, 9.17) is 34.8 Å². The van der Waals surface area contributed by atoms with Crippen LogP contribution in [0, 0.1) is 0 Å². The molecule has 0 aliphatic rings. The van der Waals surface area contributed by atoms with Gasteiger partial charge in [0.1, 0.15) is 5.15 Å². The Kier molecular flexibility index (Phi) is 2.33. The molecule has 0 radical (unpaired) electrons. The average Bonchev–Trinajstić information content (AvgIpc) is 2.12. The molecule has 0 atom stereocenters. The second kappa shape index (κ2) is 3.33. The summed E-state index contributed by atoms with van der Waals surface area (Å²) in [6.45, 7) is 0. The van der Waals surface area contributed by atoms with E-state index in [1.165, 1.54) is 6.20 Å². The summed E-state index contributed by atoms with van der Waals surface area (Å²) in [4.78, 5) is 3.92. The van der Waals surface area contributed by atoms with E-state index in [9.17, 15) is 0 Å². The van der Waals surface area contributed by atoms with Gasteiger partial charge in [-0.2, -0.15) is 0 Å². The molecule has 0 bridgehead atoms. The van der Waals surface area contributed by atoms with Crippen LogP contribution in [0.25, 0.3) is 10.8 Å². The van der Waals surface area contributed by atoms with E-state index in [2.05, 4.69) is 4.98 Å². The lowest BCUT2D eigenvalue weighted by Crippen LogP contribution is -1.81. The molecule has 1 nitrogen and oxygen atoms in total. The van der Waals surface area contributed by atoms with Crippen molar-refractivity contribution in [3.05, 3.63) is 39.6 Å². The van der Waals surface area contributed by atoms with E-state index in [1.54, 1.807) is 6.07 Å². The Bertz CT molecular complexity index is 459. The molecule has 0 aliphatic carbocycles. The van der Waals surface area contributed by atoms with Crippen LogP contribution in [0.1, 0.15) is 0 Å². The van der Waals surface area contributed by atoms with Gasteiger partial charge in [0.05, 0.1) is 10.0 Å². The van der Waals surface area contributed by atoms with Gasteiger partial charge in [-0.25, -0.2) is 4.98 Å². The maximum Gasteiger partial charge on any atom is 0.136 e. The lowest BCUT2D eigenvalue weighted by molar-refractivity contribution is 1.36. The molecule has 0 saturated carbocycles. The van der Waals surface area contributed by atoms with Crippen molar-refractivity contribution in [2.45, 2.75) is 0 Å². The predicted octanol–water partition coefficient (Wildman–Crippen LogP) is 4.20. The first-order chi connectivity index (χ1) is 6.20. The Balaban J connectivity index is 3.00. The van der Waals surface area contributed by atoms with Crippen molar-refractivity contribution in [1.29, 1.82) is 0 Å². The molecule has 2 aromatic rings. The van der Waals surface area contributed by atoms with Crippen LogP contribution in [-0.4, -0.2) is 4.98 Å². The van der Waals surface area contributed by atoms with Gasteiger partial charge in [-0.3, -0.25) is 0 Å². The zero-order chi connectivity index (χ0) is 9.42. The van der Waals surface area contributed by atoms with Gasteiger partial charge in [-0.05, 0) is 6.07 Å². The Labute approximate surface area is 90.2 Å². The summed E-state index contributed by atoms with van der Waals surface area (Å²) in [6, 6.07) is 5.42. The highest BCUT2D eigenvalue weighted by atomic mass is 35.5. The van der Waals surface area contributed by atoms with Crippen LogP contribution in [0.3, 0.4) is 0 Å². The summed E-state index contributed by atoms with van der Waals surface area (Å²) < 4.78 is 0. The van der Waals surface area contributed by atoms with E-state index in [0.29, 0.717) is 15.2 Å². The third-order valence-electron chi connectivity index (χ3n) is 1.77. The highest BCUT2D eigenvalue weighted by Crippen LogP contribution is 2.32. The third-order valence-corrected chi connectivity index (χ3v) is 2.67. The number of nitrogens with zero attached hydrogens (tertiary/aromatic N) is 1. The molecule has 1 aromatic heterocycles. The number of aromatic nitrogens is 1. The van der Waals surface area contributed by atoms with Gasteiger partial charge in [0, 0.05) is 17.0 Å². The van der Waals surface area contributed by atoms with Gasteiger partial charge in [0.2, 0.25) is 0 Å². The van der Waals surface area contributed by atoms with Crippen LogP contribution >= 0.6 is 34.8 Å². The summed E-state index contributed by atoms with van der Waals surface area (Å²) >= 11 is 17.8. The van der Waals surface area contributed by atoms with Crippen molar-refractivity contribution in [2.24, 2.45) is 0 Å². The summed E-state index contributed by atoms with van der Waals surface area (Å²) in [5.41, 5.74) is 0. The minimum atomic E-state index is 0.418. The van der Waals surface area contributed by atoms with Gasteiger partial charge in [0.15, 0.2) is 0 Å². The molecule has 1 aromatic carbocycles. The monoisotopic (exact) mass is 231 g/mol. The van der Waals surface area contributed by atoms with Crippen LogP contribution < -0.4 is 0 Å². The van der Waals surface area contributed by atoms with Gasteiger partial charge in [-0.1, -0.05) is 46.9 Å². The van der Waals surface area contributed by atoms with E-state index >= 15 is 0 Å². The molecule has 2 rings (SSSR count). The van der Waals surface area contributed by atoms with Gasteiger partial charge >= 0.3 is 0 Å². The van der Waals surface area contributed by atoms with Crippen LogP contribution in [0.4, 0.5) is 0 Å². The molecule has 0 unspecified atom stereocenters. The maximum atomic E-state index is 5.96. The standard InChI is InChI=1S/C9H4Cl3N/c10-6-3-1-2-5-8(6)7(11)4-13-9(5)12/h1-4H. The van der Waals surface area contributed by atoms with Crippen LogP contribution in [0.5, 0.6) is 0 Å². The average molecular weight is 232 g/mol. The smallest absolute Gasteiger partial charge is 0.136 e. The Morgan fingerprint density at radius 3 is 2.46 bits per heavy atom. The van der Waals surface area contributed by atoms with E-state index in [1.807, 2.05) is 12.1 Å². The molecule has 0 N–H and O–H groups in total. The van der Waals surface area contributed by atoms with E-state index in [0.717, 1.165) is 10.8 Å². The molecule has 0 amide bonds. The molecule has 4 heteroatoms. The van der Waals surface area contributed by atoms with Crippen molar-refractivity contribution in [2.75, 3.05) is 0 Å². The molecule has 0 aliphatic heterocycles. The highest BCUT2D eigenvalue weighted by Gasteiger charge is 2.06. The minimum Gasteiger partial charge on any atom is -0.242 e. The molecular weight excluding hydrogens is 228 g/mol. The second-order valence-corrected chi connectivity index (χ2v) is 3.73. The van der Waals surface area contributed by atoms with Crippen molar-refractivity contribution >= 4 is 45.6 Å². The number of fused-ring (bicyclic) bond motifs is 1. The predicted molar refractivity (Wildman–Crippen MR) is 56.8 cm³/mol. The fourth-order valence-corrected chi connectivity index (χ4v) is 1.97. The Morgan fingerprint density at radius 1 is 1.00 bits per heavy atom. The molecule has 0 spiro atoms. The highest BCUT2D eigenvalue weighted by molar-refractivity contribution is 6.44. The summed E-state index contributed by atoms with van der Waals surface area (Å²) in [5, 5.41) is 3.06. The quantitative estimate of drug-likeness (QED) is 0.621. The molecule has 1 heterocycles. The number of benzene rings is 1. The maximum absolute atomic E-state index is 5.96. The lowest BCUT2D eigenvalue weighted by Gasteiger charge is -2.02. The van der Waals surface area contributed by atoms with Crippen molar-refractivity contribution < 1.29 is 0 Å². The summed E-state index contributed by atoms with van der Waals surface area (Å²) in [6.07, 6.45) is 1.50. The fraction of sp³-hybridized carbons (Fsp3) is 0. The van der Waals surface area contributed by atoms with Gasteiger partial charge in [0.25, 0.3) is 0 Å². The first-order valence-corrected chi connectivity index (χ1v) is 4.72. The first-order valence-electron chi connectivity index (χ1n) is 3.58. The molecular formula is C9H4Cl3N.